The van der Waals surface area contributed by atoms with Gasteiger partial charge in [0.25, 0.3) is 5.91 Å². The van der Waals surface area contributed by atoms with E-state index in [4.69, 9.17) is 11.6 Å². The highest BCUT2D eigenvalue weighted by Crippen LogP contribution is 2.24. The smallest absolute Gasteiger partial charge is 0.326 e. The molecule has 122 valence electrons. The van der Waals surface area contributed by atoms with Crippen molar-refractivity contribution in [1.29, 1.82) is 0 Å². The highest BCUT2D eigenvalue weighted by molar-refractivity contribution is 6.30. The van der Waals surface area contributed by atoms with Crippen molar-refractivity contribution in [2.24, 2.45) is 0 Å². The minimum Gasteiger partial charge on any atom is -0.480 e. The van der Waals surface area contributed by atoms with Crippen LogP contribution in [0.25, 0.3) is 11.3 Å². The van der Waals surface area contributed by atoms with E-state index >= 15 is 0 Å². The molecule has 6 nitrogen and oxygen atoms in total. The summed E-state index contributed by atoms with van der Waals surface area (Å²) in [5, 5.41) is 18.9. The van der Waals surface area contributed by atoms with Crippen molar-refractivity contribution in [3.8, 4) is 11.3 Å². The van der Waals surface area contributed by atoms with Crippen LogP contribution in [-0.4, -0.2) is 33.2 Å². The summed E-state index contributed by atoms with van der Waals surface area (Å²) in [7, 11) is 0. The van der Waals surface area contributed by atoms with E-state index < -0.39 is 17.9 Å². The number of hydrogen-bond acceptors (Lipinski definition) is 3. The third-order valence-electron chi connectivity index (χ3n) is 3.45. The minimum atomic E-state index is -1.04. The fourth-order valence-corrected chi connectivity index (χ4v) is 2.41. The lowest BCUT2D eigenvalue weighted by molar-refractivity contribution is -0.139. The number of H-pyrrole nitrogens is 1. The van der Waals surface area contributed by atoms with Crippen LogP contribution < -0.4 is 5.32 Å². The molecule has 0 aliphatic carbocycles. The SMILES string of the molecule is CCCCC(NC(=O)c1cn[nH]c1-c1cccc(Cl)c1)C(=O)O. The molecule has 1 amide bonds. The molecule has 2 aromatic rings. The molecule has 0 bridgehead atoms. The van der Waals surface area contributed by atoms with E-state index in [9.17, 15) is 14.7 Å². The quantitative estimate of drug-likeness (QED) is 0.724. The molecule has 0 saturated carbocycles. The number of benzene rings is 1. The Morgan fingerprint density at radius 1 is 1.43 bits per heavy atom. The first-order valence-electron chi connectivity index (χ1n) is 7.36. The zero-order valence-corrected chi connectivity index (χ0v) is 13.4. The number of nitrogens with one attached hydrogen (secondary N) is 2. The van der Waals surface area contributed by atoms with E-state index in [0.717, 1.165) is 12.8 Å². The summed E-state index contributed by atoms with van der Waals surface area (Å²) >= 11 is 5.96. The van der Waals surface area contributed by atoms with Crippen molar-refractivity contribution in [3.63, 3.8) is 0 Å². The number of aromatic amines is 1. The maximum Gasteiger partial charge on any atom is 0.326 e. The van der Waals surface area contributed by atoms with Gasteiger partial charge in [-0.05, 0) is 18.6 Å². The molecular formula is C16H18ClN3O3. The summed E-state index contributed by atoms with van der Waals surface area (Å²) in [4.78, 5) is 23.6. The highest BCUT2D eigenvalue weighted by Gasteiger charge is 2.23. The van der Waals surface area contributed by atoms with Crippen molar-refractivity contribution >= 4 is 23.5 Å². The zero-order chi connectivity index (χ0) is 16.8. The number of nitrogens with zero attached hydrogens (tertiary/aromatic N) is 1. The lowest BCUT2D eigenvalue weighted by Crippen LogP contribution is -2.40. The molecule has 1 aromatic heterocycles. The molecule has 1 atom stereocenters. The second kappa shape index (κ2) is 7.78. The number of carboxylic acids is 1. The van der Waals surface area contributed by atoms with E-state index in [0.29, 0.717) is 22.7 Å². The Bertz CT molecular complexity index is 699. The monoisotopic (exact) mass is 335 g/mol. The molecule has 0 aliphatic heterocycles. The van der Waals surface area contributed by atoms with Gasteiger partial charge in [-0.3, -0.25) is 9.89 Å². The third kappa shape index (κ3) is 4.32. The van der Waals surface area contributed by atoms with Gasteiger partial charge >= 0.3 is 5.97 Å². The summed E-state index contributed by atoms with van der Waals surface area (Å²) in [5.74, 6) is -1.52. The van der Waals surface area contributed by atoms with Crippen molar-refractivity contribution in [2.45, 2.75) is 32.2 Å². The van der Waals surface area contributed by atoms with E-state index in [1.54, 1.807) is 24.3 Å². The van der Waals surface area contributed by atoms with E-state index in [1.807, 2.05) is 6.92 Å². The lowest BCUT2D eigenvalue weighted by Gasteiger charge is -2.14. The molecule has 1 aromatic carbocycles. The molecular weight excluding hydrogens is 318 g/mol. The fraction of sp³-hybridized carbons (Fsp3) is 0.312. The van der Waals surface area contributed by atoms with Gasteiger partial charge in [0.15, 0.2) is 0 Å². The average molecular weight is 336 g/mol. The van der Waals surface area contributed by atoms with Crippen molar-refractivity contribution in [1.82, 2.24) is 15.5 Å². The van der Waals surface area contributed by atoms with E-state index in [2.05, 4.69) is 15.5 Å². The van der Waals surface area contributed by atoms with Crippen molar-refractivity contribution in [2.75, 3.05) is 0 Å². The van der Waals surface area contributed by atoms with Crippen molar-refractivity contribution < 1.29 is 14.7 Å². The number of rotatable bonds is 7. The molecule has 0 radical (unpaired) electrons. The fourth-order valence-electron chi connectivity index (χ4n) is 2.22. The second-order valence-electron chi connectivity index (χ2n) is 5.18. The van der Waals surface area contributed by atoms with Crippen LogP contribution in [0.3, 0.4) is 0 Å². The Balaban J connectivity index is 2.20. The van der Waals surface area contributed by atoms with E-state index in [1.165, 1.54) is 6.20 Å². The topological polar surface area (TPSA) is 95.1 Å². The van der Waals surface area contributed by atoms with Gasteiger partial charge in [0.1, 0.15) is 6.04 Å². The highest BCUT2D eigenvalue weighted by atomic mass is 35.5. The summed E-state index contributed by atoms with van der Waals surface area (Å²) in [5.41, 5.74) is 1.50. The number of amides is 1. The molecule has 7 heteroatoms. The molecule has 0 aliphatic rings. The minimum absolute atomic E-state index is 0.287. The largest absolute Gasteiger partial charge is 0.480 e. The predicted octanol–water partition coefficient (Wildman–Crippen LogP) is 3.10. The van der Waals surface area contributed by atoms with Crippen LogP contribution in [0.15, 0.2) is 30.5 Å². The van der Waals surface area contributed by atoms with Crippen LogP contribution in [0.1, 0.15) is 36.5 Å². The summed E-state index contributed by atoms with van der Waals surface area (Å²) in [6, 6.07) is 6.08. The maximum absolute atomic E-state index is 12.4. The number of aromatic nitrogens is 2. The van der Waals surface area contributed by atoms with Crippen molar-refractivity contribution in [3.05, 3.63) is 41.0 Å². The van der Waals surface area contributed by atoms with Crippen LogP contribution in [0, 0.1) is 0 Å². The Hall–Kier alpha value is -2.34. The third-order valence-corrected chi connectivity index (χ3v) is 3.68. The van der Waals surface area contributed by atoms with Crippen LogP contribution in [0.4, 0.5) is 0 Å². The molecule has 1 heterocycles. The van der Waals surface area contributed by atoms with Gasteiger partial charge in [-0.15, -0.1) is 0 Å². The van der Waals surface area contributed by atoms with Gasteiger partial charge in [0.05, 0.1) is 17.5 Å². The van der Waals surface area contributed by atoms with Gasteiger partial charge < -0.3 is 10.4 Å². The molecule has 1 unspecified atom stereocenters. The van der Waals surface area contributed by atoms with Crippen LogP contribution >= 0.6 is 11.6 Å². The Morgan fingerprint density at radius 3 is 2.87 bits per heavy atom. The summed E-state index contributed by atoms with van der Waals surface area (Å²) < 4.78 is 0. The number of carbonyl (C=O) groups excluding carboxylic acids is 1. The van der Waals surface area contributed by atoms with Gasteiger partial charge in [-0.2, -0.15) is 5.10 Å². The Morgan fingerprint density at radius 2 is 2.22 bits per heavy atom. The molecule has 0 saturated heterocycles. The molecule has 2 rings (SSSR count). The zero-order valence-electron chi connectivity index (χ0n) is 12.7. The van der Waals surface area contributed by atoms with Gasteiger partial charge in [0.2, 0.25) is 0 Å². The van der Waals surface area contributed by atoms with Crippen LogP contribution in [-0.2, 0) is 4.79 Å². The standard InChI is InChI=1S/C16H18ClN3O3/c1-2-3-7-13(16(22)23)19-15(21)12-9-18-20-14(12)10-5-4-6-11(17)8-10/h4-6,8-9,13H,2-3,7H2,1H3,(H,18,20)(H,19,21)(H,22,23). The first-order chi connectivity index (χ1) is 11.0. The number of halogens is 1. The molecule has 3 N–H and O–H groups in total. The molecule has 0 spiro atoms. The summed E-state index contributed by atoms with van der Waals surface area (Å²) in [6.45, 7) is 1.97. The molecule has 0 fully saturated rings. The average Bonchev–Trinajstić information content (AvgIpc) is 3.00. The number of aliphatic carboxylic acids is 1. The van der Waals surface area contributed by atoms with Gasteiger partial charge in [0, 0.05) is 10.6 Å². The van der Waals surface area contributed by atoms with Gasteiger partial charge in [-0.1, -0.05) is 43.5 Å². The summed E-state index contributed by atoms with van der Waals surface area (Å²) in [6.07, 6.45) is 3.36. The number of hydrogen-bond donors (Lipinski definition) is 3. The second-order valence-corrected chi connectivity index (χ2v) is 5.61. The van der Waals surface area contributed by atoms with Crippen LogP contribution in [0.2, 0.25) is 5.02 Å². The molecule has 23 heavy (non-hydrogen) atoms. The first-order valence-corrected chi connectivity index (χ1v) is 7.73. The number of carboxylic acid groups (broad SMARTS) is 1. The Kier molecular flexibility index (Phi) is 5.76. The first kappa shape index (κ1) is 17.0. The Labute approximate surface area is 138 Å². The maximum atomic E-state index is 12.4. The lowest BCUT2D eigenvalue weighted by atomic mass is 10.1. The van der Waals surface area contributed by atoms with E-state index in [-0.39, 0.29) is 5.56 Å². The number of carbonyl (C=O) groups is 2. The normalized spacial score (nSPS) is 11.9. The van der Waals surface area contributed by atoms with Crippen LogP contribution in [0.5, 0.6) is 0 Å². The van der Waals surface area contributed by atoms with Gasteiger partial charge in [-0.25, -0.2) is 4.79 Å². The number of unbranched alkanes of at least 4 members (excludes halogenated alkanes) is 1. The predicted molar refractivity (Wildman–Crippen MR) is 87.4 cm³/mol.